The maximum absolute atomic E-state index is 11.4. The van der Waals surface area contributed by atoms with Gasteiger partial charge in [-0.2, -0.15) is 5.26 Å². The number of unbranched alkanes of at least 4 members (excludes halogenated alkanes) is 2. The first kappa shape index (κ1) is 11.1. The zero-order chi connectivity index (χ0) is 10.9. The molecule has 0 atom stereocenters. The van der Waals surface area contributed by atoms with Gasteiger partial charge in [-0.15, -0.1) is 0 Å². The van der Waals surface area contributed by atoms with Gasteiger partial charge in [0.15, 0.2) is 0 Å². The van der Waals surface area contributed by atoms with Gasteiger partial charge in [0, 0.05) is 25.4 Å². The molecule has 0 aromatic carbocycles. The molecule has 0 aliphatic carbocycles. The lowest BCUT2D eigenvalue weighted by Crippen LogP contribution is -2.24. The zero-order valence-electron chi connectivity index (χ0n) is 8.31. The van der Waals surface area contributed by atoms with E-state index >= 15 is 0 Å². The molecule has 1 heterocycles. The molecule has 78 valence electrons. The minimum absolute atomic E-state index is 0.174. The lowest BCUT2D eigenvalue weighted by molar-refractivity contribution is 0.0952. The van der Waals surface area contributed by atoms with Crippen molar-refractivity contribution in [3.63, 3.8) is 0 Å². The summed E-state index contributed by atoms with van der Waals surface area (Å²) >= 11 is 0. The summed E-state index contributed by atoms with van der Waals surface area (Å²) in [6.07, 6.45) is 6.47. The molecule has 1 amide bonds. The Kier molecular flexibility index (Phi) is 4.81. The van der Waals surface area contributed by atoms with Crippen LogP contribution in [0, 0.1) is 11.3 Å². The van der Waals surface area contributed by atoms with Crippen molar-refractivity contribution < 1.29 is 4.79 Å². The molecule has 1 rings (SSSR count). The van der Waals surface area contributed by atoms with Crippen LogP contribution in [0.3, 0.4) is 0 Å². The SMILES string of the molecule is N#CCCCCNC(=O)c1cncnc1. The van der Waals surface area contributed by atoms with Gasteiger partial charge in [0.25, 0.3) is 5.91 Å². The lowest BCUT2D eigenvalue weighted by Gasteiger charge is -2.02. The summed E-state index contributed by atoms with van der Waals surface area (Å²) in [7, 11) is 0. The minimum atomic E-state index is -0.174. The van der Waals surface area contributed by atoms with Crippen molar-refractivity contribution in [1.29, 1.82) is 5.26 Å². The van der Waals surface area contributed by atoms with E-state index in [4.69, 9.17) is 5.26 Å². The highest BCUT2D eigenvalue weighted by molar-refractivity contribution is 5.93. The van der Waals surface area contributed by atoms with Crippen molar-refractivity contribution >= 4 is 5.91 Å². The average Bonchev–Trinajstić information content (AvgIpc) is 2.30. The van der Waals surface area contributed by atoms with E-state index in [2.05, 4.69) is 21.4 Å². The van der Waals surface area contributed by atoms with Gasteiger partial charge in [-0.3, -0.25) is 4.79 Å². The first-order valence-electron chi connectivity index (χ1n) is 4.74. The molecule has 0 unspecified atom stereocenters. The predicted molar refractivity (Wildman–Crippen MR) is 53.8 cm³/mol. The Hall–Kier alpha value is -1.96. The highest BCUT2D eigenvalue weighted by Crippen LogP contribution is 1.95. The van der Waals surface area contributed by atoms with Crippen molar-refractivity contribution in [1.82, 2.24) is 15.3 Å². The molecule has 0 fully saturated rings. The van der Waals surface area contributed by atoms with Gasteiger partial charge in [-0.25, -0.2) is 9.97 Å². The second kappa shape index (κ2) is 6.49. The van der Waals surface area contributed by atoms with Crippen LogP contribution in [0.2, 0.25) is 0 Å². The van der Waals surface area contributed by atoms with Crippen LogP contribution in [-0.4, -0.2) is 22.4 Å². The van der Waals surface area contributed by atoms with Crippen molar-refractivity contribution in [3.05, 3.63) is 24.3 Å². The minimum Gasteiger partial charge on any atom is -0.352 e. The second-order valence-corrected chi connectivity index (χ2v) is 3.00. The third-order valence-corrected chi connectivity index (χ3v) is 1.82. The van der Waals surface area contributed by atoms with E-state index in [0.29, 0.717) is 18.5 Å². The van der Waals surface area contributed by atoms with Gasteiger partial charge in [0.2, 0.25) is 0 Å². The van der Waals surface area contributed by atoms with E-state index in [9.17, 15) is 4.79 Å². The summed E-state index contributed by atoms with van der Waals surface area (Å²) in [5.41, 5.74) is 0.456. The molecule has 0 bridgehead atoms. The Bertz CT molecular complexity index is 344. The Balaban J connectivity index is 2.23. The van der Waals surface area contributed by atoms with Crippen molar-refractivity contribution in [2.45, 2.75) is 19.3 Å². The fraction of sp³-hybridized carbons (Fsp3) is 0.400. The van der Waals surface area contributed by atoms with Crippen LogP contribution in [-0.2, 0) is 0 Å². The van der Waals surface area contributed by atoms with E-state index in [1.165, 1.54) is 18.7 Å². The molecule has 15 heavy (non-hydrogen) atoms. The first-order valence-corrected chi connectivity index (χ1v) is 4.74. The molecule has 0 aliphatic heterocycles. The van der Waals surface area contributed by atoms with Crippen LogP contribution in [0.4, 0.5) is 0 Å². The summed E-state index contributed by atoms with van der Waals surface area (Å²) in [5, 5.41) is 11.0. The van der Waals surface area contributed by atoms with Crippen LogP contribution in [0.5, 0.6) is 0 Å². The van der Waals surface area contributed by atoms with Gasteiger partial charge in [0.05, 0.1) is 11.6 Å². The number of carbonyl (C=O) groups excluding carboxylic acids is 1. The maximum Gasteiger partial charge on any atom is 0.254 e. The quantitative estimate of drug-likeness (QED) is 0.723. The fourth-order valence-corrected chi connectivity index (χ4v) is 1.05. The molecule has 0 saturated carbocycles. The third-order valence-electron chi connectivity index (χ3n) is 1.82. The fourth-order valence-electron chi connectivity index (χ4n) is 1.05. The van der Waals surface area contributed by atoms with Crippen LogP contribution < -0.4 is 5.32 Å². The maximum atomic E-state index is 11.4. The standard InChI is InChI=1S/C10H12N4O/c11-4-2-1-3-5-14-10(15)9-6-12-8-13-7-9/h6-8H,1-3,5H2,(H,14,15). The van der Waals surface area contributed by atoms with E-state index < -0.39 is 0 Å². The highest BCUT2D eigenvalue weighted by Gasteiger charge is 2.03. The van der Waals surface area contributed by atoms with Gasteiger partial charge in [0.1, 0.15) is 6.33 Å². The first-order chi connectivity index (χ1) is 7.34. The molecule has 1 aromatic rings. The summed E-state index contributed by atoms with van der Waals surface area (Å²) in [4.78, 5) is 18.9. The van der Waals surface area contributed by atoms with Crippen LogP contribution in [0.1, 0.15) is 29.6 Å². The second-order valence-electron chi connectivity index (χ2n) is 3.00. The van der Waals surface area contributed by atoms with Crippen molar-refractivity contribution in [3.8, 4) is 6.07 Å². The summed E-state index contributed by atoms with van der Waals surface area (Å²) in [6, 6.07) is 2.05. The molecule has 0 radical (unpaired) electrons. The molecule has 1 aromatic heterocycles. The normalized spacial score (nSPS) is 9.27. The monoisotopic (exact) mass is 204 g/mol. The van der Waals surface area contributed by atoms with E-state index in [1.54, 1.807) is 0 Å². The number of rotatable bonds is 5. The Morgan fingerprint density at radius 1 is 1.40 bits per heavy atom. The lowest BCUT2D eigenvalue weighted by atomic mass is 10.2. The van der Waals surface area contributed by atoms with Gasteiger partial charge < -0.3 is 5.32 Å². The Morgan fingerprint density at radius 3 is 2.80 bits per heavy atom. The molecule has 0 saturated heterocycles. The van der Waals surface area contributed by atoms with Gasteiger partial charge >= 0.3 is 0 Å². The molecule has 5 heteroatoms. The van der Waals surface area contributed by atoms with Crippen molar-refractivity contribution in [2.75, 3.05) is 6.54 Å². The largest absolute Gasteiger partial charge is 0.352 e. The summed E-state index contributed by atoms with van der Waals surface area (Å²) < 4.78 is 0. The van der Waals surface area contributed by atoms with Gasteiger partial charge in [-0.05, 0) is 12.8 Å². The number of hydrogen-bond donors (Lipinski definition) is 1. The summed E-state index contributed by atoms with van der Waals surface area (Å²) in [5.74, 6) is -0.174. The number of aromatic nitrogens is 2. The number of nitrogens with one attached hydrogen (secondary N) is 1. The van der Waals surface area contributed by atoms with Crippen LogP contribution in [0.25, 0.3) is 0 Å². The molecule has 0 spiro atoms. The highest BCUT2D eigenvalue weighted by atomic mass is 16.1. The average molecular weight is 204 g/mol. The number of hydrogen-bond acceptors (Lipinski definition) is 4. The number of carbonyl (C=O) groups is 1. The Labute approximate surface area is 88.2 Å². The molecule has 5 nitrogen and oxygen atoms in total. The number of nitriles is 1. The molecule has 1 N–H and O–H groups in total. The molecular weight excluding hydrogens is 192 g/mol. The topological polar surface area (TPSA) is 78.7 Å². The molecule has 0 aliphatic rings. The van der Waals surface area contributed by atoms with E-state index in [1.807, 2.05) is 0 Å². The molecular formula is C10H12N4O. The Morgan fingerprint density at radius 2 is 2.13 bits per heavy atom. The van der Waals surface area contributed by atoms with Crippen LogP contribution in [0.15, 0.2) is 18.7 Å². The zero-order valence-corrected chi connectivity index (χ0v) is 8.31. The van der Waals surface area contributed by atoms with Gasteiger partial charge in [-0.1, -0.05) is 0 Å². The van der Waals surface area contributed by atoms with E-state index in [0.717, 1.165) is 12.8 Å². The summed E-state index contributed by atoms with van der Waals surface area (Å²) in [6.45, 7) is 0.579. The number of amides is 1. The van der Waals surface area contributed by atoms with E-state index in [-0.39, 0.29) is 5.91 Å². The predicted octanol–water partition coefficient (Wildman–Crippen LogP) is 0.900. The number of nitrogens with zero attached hydrogens (tertiary/aromatic N) is 3. The smallest absolute Gasteiger partial charge is 0.254 e. The van der Waals surface area contributed by atoms with Crippen LogP contribution >= 0.6 is 0 Å². The van der Waals surface area contributed by atoms with Crippen molar-refractivity contribution in [2.24, 2.45) is 0 Å². The third kappa shape index (κ3) is 4.18.